The number of imidazole rings is 1. The van der Waals surface area contributed by atoms with Gasteiger partial charge >= 0.3 is 0 Å². The molecular weight excluding hydrogens is 605 g/mol. The van der Waals surface area contributed by atoms with E-state index in [0.29, 0.717) is 38.2 Å². The number of hydrogen-bond donors (Lipinski definition) is 4. The van der Waals surface area contributed by atoms with Gasteiger partial charge in [0.2, 0.25) is 10.0 Å². The Morgan fingerprint density at radius 3 is 2.20 bits per heavy atom. The Hall–Kier alpha value is -3.48. The molecule has 9 nitrogen and oxygen atoms in total. The summed E-state index contributed by atoms with van der Waals surface area (Å²) in [5.74, 6) is 0.894. The summed E-state index contributed by atoms with van der Waals surface area (Å²) in [6.07, 6.45) is 4.52. The van der Waals surface area contributed by atoms with Gasteiger partial charge < -0.3 is 10.3 Å². The monoisotopic (exact) mass is 644 g/mol. The molecule has 2 aliphatic heterocycles. The van der Waals surface area contributed by atoms with Gasteiger partial charge in [-0.1, -0.05) is 55.5 Å². The minimum absolute atomic E-state index is 0.164. The van der Waals surface area contributed by atoms with Crippen LogP contribution in [0.3, 0.4) is 0 Å². The molecule has 2 aliphatic rings. The second-order valence-corrected chi connectivity index (χ2v) is 14.7. The van der Waals surface area contributed by atoms with E-state index >= 15 is 0 Å². The summed E-state index contributed by atoms with van der Waals surface area (Å²) >= 11 is 4.80. The van der Waals surface area contributed by atoms with Crippen molar-refractivity contribution in [2.75, 3.05) is 43.8 Å². The molecule has 3 aromatic carbocycles. The molecule has 3 N–H and O–H groups in total. The smallest absolute Gasteiger partial charge is 0.255 e. The van der Waals surface area contributed by atoms with Crippen molar-refractivity contribution in [3.63, 3.8) is 0 Å². The summed E-state index contributed by atoms with van der Waals surface area (Å²) in [5.41, 5.74) is 6.54. The first-order valence-corrected chi connectivity index (χ1v) is 17.6. The number of hydrogen-bond acceptors (Lipinski definition) is 7. The van der Waals surface area contributed by atoms with Crippen LogP contribution in [0.4, 0.5) is 5.69 Å². The van der Waals surface area contributed by atoms with Crippen molar-refractivity contribution in [1.29, 1.82) is 0 Å². The van der Waals surface area contributed by atoms with Gasteiger partial charge in [0, 0.05) is 44.0 Å². The maximum absolute atomic E-state index is 13.0. The van der Waals surface area contributed by atoms with Crippen molar-refractivity contribution in [3.05, 3.63) is 95.9 Å². The first-order chi connectivity index (χ1) is 21.7. The molecule has 11 heteroatoms. The highest BCUT2D eigenvalue weighted by Gasteiger charge is 2.34. The molecule has 0 radical (unpaired) electrons. The molecular formula is C34H40N6O3S2. The average Bonchev–Trinajstić information content (AvgIpc) is 3.73. The number of piperazine rings is 1. The van der Waals surface area contributed by atoms with Gasteiger partial charge in [-0.15, -0.1) is 12.6 Å². The number of nitrogens with zero attached hydrogens (tertiary/aromatic N) is 3. The third kappa shape index (κ3) is 7.34. The Kier molecular flexibility index (Phi) is 9.44. The fraction of sp³-hybridized carbons (Fsp3) is 0.353. The van der Waals surface area contributed by atoms with E-state index in [2.05, 4.69) is 49.8 Å². The third-order valence-electron chi connectivity index (χ3n) is 8.58. The number of sulfonamides is 1. The van der Waals surface area contributed by atoms with Gasteiger partial charge in [0.1, 0.15) is 10.7 Å². The second kappa shape index (κ2) is 13.5. The number of rotatable bonds is 10. The second-order valence-electron chi connectivity index (χ2n) is 11.8. The van der Waals surface area contributed by atoms with Crippen molar-refractivity contribution < 1.29 is 13.2 Å². The topological polar surface area (TPSA) is 110 Å². The van der Waals surface area contributed by atoms with Gasteiger partial charge in [-0.3, -0.25) is 15.0 Å². The lowest BCUT2D eigenvalue weighted by Gasteiger charge is -2.34. The molecule has 1 atom stereocenters. The van der Waals surface area contributed by atoms with E-state index in [9.17, 15) is 13.2 Å². The zero-order chi connectivity index (χ0) is 31.4. The summed E-state index contributed by atoms with van der Waals surface area (Å²) in [5, 5.41) is 6.41. The molecule has 0 saturated carbocycles. The van der Waals surface area contributed by atoms with Gasteiger partial charge in [-0.05, 0) is 72.3 Å². The maximum Gasteiger partial charge on any atom is 0.255 e. The standard InChI is InChI=1S/C34H40N6O3S2/c1-2-22-45(42,43)40-20-18-39(19-21-40)24-25-4-14-30(15-5-25)37-32(41)29-12-8-27(9-13-29)26-6-10-28(11-7-26)31-23-35-33(38-31)34(44)16-3-17-36-34/h4-15,23,36,44H,2-3,16-22,24H2,1H3,(H,35,38)(H,37,41). The van der Waals surface area contributed by atoms with E-state index in [-0.39, 0.29) is 11.7 Å². The Morgan fingerprint density at radius 1 is 0.933 bits per heavy atom. The molecule has 1 unspecified atom stereocenters. The highest BCUT2D eigenvalue weighted by Crippen LogP contribution is 2.34. The van der Waals surface area contributed by atoms with E-state index in [1.807, 2.05) is 61.7 Å². The largest absolute Gasteiger partial charge is 0.340 e. The van der Waals surface area contributed by atoms with Gasteiger partial charge in [-0.2, -0.15) is 4.31 Å². The van der Waals surface area contributed by atoms with Gasteiger partial charge in [-0.25, -0.2) is 13.4 Å². The molecule has 1 amide bonds. The Morgan fingerprint density at radius 2 is 1.58 bits per heavy atom. The number of amides is 1. The Labute approximate surface area is 270 Å². The Bertz CT molecular complexity index is 1710. The van der Waals surface area contributed by atoms with Crippen LogP contribution in [0.25, 0.3) is 22.4 Å². The molecule has 1 aromatic heterocycles. The summed E-state index contributed by atoms with van der Waals surface area (Å²) in [7, 11) is -3.14. The molecule has 2 fully saturated rings. The zero-order valence-corrected chi connectivity index (χ0v) is 27.2. The fourth-order valence-corrected chi connectivity index (χ4v) is 7.85. The van der Waals surface area contributed by atoms with Crippen LogP contribution in [0.1, 0.15) is 47.9 Å². The minimum atomic E-state index is -3.14. The first-order valence-electron chi connectivity index (χ1n) is 15.6. The number of H-pyrrole nitrogens is 1. The molecule has 3 heterocycles. The third-order valence-corrected chi connectivity index (χ3v) is 11.3. The van der Waals surface area contributed by atoms with Crippen LogP contribution in [-0.2, 0) is 21.4 Å². The van der Waals surface area contributed by atoms with Crippen molar-refractivity contribution in [3.8, 4) is 22.4 Å². The molecule has 0 bridgehead atoms. The molecule has 0 aliphatic carbocycles. The number of aromatic nitrogens is 2. The quantitative estimate of drug-likeness (QED) is 0.174. The number of thiol groups is 1. The van der Waals surface area contributed by atoms with Crippen LogP contribution in [0.2, 0.25) is 0 Å². The predicted molar refractivity (Wildman–Crippen MR) is 183 cm³/mol. The lowest BCUT2D eigenvalue weighted by Crippen LogP contribution is -2.48. The normalized spacial score (nSPS) is 19.5. The van der Waals surface area contributed by atoms with Gasteiger partial charge in [0.15, 0.2) is 0 Å². The first kappa shape index (κ1) is 31.5. The summed E-state index contributed by atoms with van der Waals surface area (Å²) < 4.78 is 26.3. The summed E-state index contributed by atoms with van der Waals surface area (Å²) in [4.78, 5) is 22.8. The minimum Gasteiger partial charge on any atom is -0.340 e. The van der Waals surface area contributed by atoms with E-state index in [4.69, 9.17) is 12.6 Å². The number of carbonyl (C=O) groups is 1. The zero-order valence-electron chi connectivity index (χ0n) is 25.5. The highest BCUT2D eigenvalue weighted by molar-refractivity contribution is 7.89. The van der Waals surface area contributed by atoms with Crippen LogP contribution >= 0.6 is 12.6 Å². The number of nitrogens with one attached hydrogen (secondary N) is 3. The SMILES string of the molecule is CCCS(=O)(=O)N1CCN(Cc2ccc(NC(=O)c3ccc(-c4ccc(-c5cnc(C6(S)CCCN6)[nH]5)cc4)cc3)cc2)CC1. The molecule has 2 saturated heterocycles. The number of anilines is 1. The maximum atomic E-state index is 13.0. The molecule has 45 heavy (non-hydrogen) atoms. The van der Waals surface area contributed by atoms with Crippen LogP contribution < -0.4 is 10.6 Å². The highest BCUT2D eigenvalue weighted by atomic mass is 32.2. The van der Waals surface area contributed by atoms with Crippen molar-refractivity contribution in [1.82, 2.24) is 24.5 Å². The molecule has 6 rings (SSSR count). The summed E-state index contributed by atoms with van der Waals surface area (Å²) in [6.45, 7) is 6.06. The van der Waals surface area contributed by atoms with Crippen LogP contribution in [0.5, 0.6) is 0 Å². The molecule has 236 valence electrons. The van der Waals surface area contributed by atoms with E-state index in [0.717, 1.165) is 65.4 Å². The lowest BCUT2D eigenvalue weighted by molar-refractivity contribution is 0.102. The number of aromatic amines is 1. The molecule has 0 spiro atoms. The summed E-state index contributed by atoms with van der Waals surface area (Å²) in [6, 6.07) is 23.7. The van der Waals surface area contributed by atoms with Crippen LogP contribution in [-0.4, -0.2) is 72.0 Å². The van der Waals surface area contributed by atoms with Crippen molar-refractivity contribution in [2.45, 2.75) is 37.6 Å². The van der Waals surface area contributed by atoms with E-state index in [1.165, 1.54) is 0 Å². The Balaban J connectivity index is 1.01. The number of carbonyl (C=O) groups excluding carboxylic acids is 1. The van der Waals surface area contributed by atoms with Gasteiger partial charge in [0.05, 0.1) is 17.6 Å². The van der Waals surface area contributed by atoms with Crippen LogP contribution in [0, 0.1) is 0 Å². The number of benzene rings is 3. The van der Waals surface area contributed by atoms with Crippen LogP contribution in [0.15, 0.2) is 79.0 Å². The fourth-order valence-electron chi connectivity index (χ4n) is 5.97. The average molecular weight is 645 g/mol. The molecule has 4 aromatic rings. The predicted octanol–water partition coefficient (Wildman–Crippen LogP) is 5.32. The lowest BCUT2D eigenvalue weighted by atomic mass is 10.0. The van der Waals surface area contributed by atoms with Crippen molar-refractivity contribution in [2.24, 2.45) is 0 Å². The van der Waals surface area contributed by atoms with E-state index in [1.54, 1.807) is 4.31 Å². The van der Waals surface area contributed by atoms with Gasteiger partial charge in [0.25, 0.3) is 5.91 Å². The van der Waals surface area contributed by atoms with Crippen molar-refractivity contribution >= 4 is 34.2 Å². The van der Waals surface area contributed by atoms with E-state index < -0.39 is 14.9 Å².